The zero-order chi connectivity index (χ0) is 18.1. The molecule has 140 valence electrons. The second-order valence-electron chi connectivity index (χ2n) is 7.98. The standard InChI is InChI=1S/C19H27N5O2/c1-23-16(19(26)22-9-13-2-3-13)6-15-10-24(11-17(15)23)18(25)5-4-14-7-20-12-21-8-14/h7-8,12-13,15-17H,2-6,9-11H2,1H3,(H,22,26)/t15-,16-,17+/m0/s1. The number of likely N-dealkylation sites (tertiary alicyclic amines) is 2. The first-order chi connectivity index (χ1) is 12.6. The van der Waals surface area contributed by atoms with Crippen LogP contribution in [0.2, 0.25) is 0 Å². The number of aryl methyl sites for hydroxylation is 1. The first-order valence-corrected chi connectivity index (χ1v) is 9.63. The predicted octanol–water partition coefficient (Wildman–Crippen LogP) is 0.467. The summed E-state index contributed by atoms with van der Waals surface area (Å²) in [7, 11) is 2.03. The average molecular weight is 357 g/mol. The summed E-state index contributed by atoms with van der Waals surface area (Å²) < 4.78 is 0. The lowest BCUT2D eigenvalue weighted by atomic mass is 10.0. The monoisotopic (exact) mass is 357 g/mol. The third kappa shape index (κ3) is 3.72. The quantitative estimate of drug-likeness (QED) is 0.801. The van der Waals surface area contributed by atoms with Crippen LogP contribution in [0.4, 0.5) is 0 Å². The summed E-state index contributed by atoms with van der Waals surface area (Å²) in [5.41, 5.74) is 0.991. The molecule has 1 saturated carbocycles. The Hall–Kier alpha value is -2.02. The van der Waals surface area contributed by atoms with Crippen molar-refractivity contribution in [3.8, 4) is 0 Å². The molecule has 3 aliphatic rings. The second-order valence-corrected chi connectivity index (χ2v) is 7.98. The Kier molecular flexibility index (Phi) is 4.89. The summed E-state index contributed by atoms with van der Waals surface area (Å²) in [5, 5.41) is 3.11. The third-order valence-electron chi connectivity index (χ3n) is 6.11. The molecular formula is C19H27N5O2. The Balaban J connectivity index is 1.26. The Bertz CT molecular complexity index is 663. The van der Waals surface area contributed by atoms with Crippen LogP contribution in [0.25, 0.3) is 0 Å². The molecule has 26 heavy (non-hydrogen) atoms. The van der Waals surface area contributed by atoms with Gasteiger partial charge in [-0.25, -0.2) is 9.97 Å². The molecule has 3 heterocycles. The molecule has 3 fully saturated rings. The van der Waals surface area contributed by atoms with Crippen LogP contribution in [-0.4, -0.2) is 70.3 Å². The highest BCUT2D eigenvalue weighted by atomic mass is 16.2. The fourth-order valence-corrected chi connectivity index (χ4v) is 4.28. The van der Waals surface area contributed by atoms with Crippen molar-refractivity contribution >= 4 is 11.8 Å². The molecule has 0 aromatic carbocycles. The molecule has 7 heteroatoms. The Labute approximate surface area is 154 Å². The molecule has 0 bridgehead atoms. The van der Waals surface area contributed by atoms with E-state index in [1.165, 1.54) is 19.2 Å². The topological polar surface area (TPSA) is 78.4 Å². The molecule has 2 saturated heterocycles. The molecule has 0 radical (unpaired) electrons. The minimum atomic E-state index is -0.0394. The van der Waals surface area contributed by atoms with Gasteiger partial charge in [0.05, 0.1) is 6.04 Å². The Morgan fingerprint density at radius 2 is 2.00 bits per heavy atom. The van der Waals surface area contributed by atoms with Crippen molar-refractivity contribution in [3.63, 3.8) is 0 Å². The van der Waals surface area contributed by atoms with Crippen LogP contribution in [-0.2, 0) is 16.0 Å². The molecule has 2 amide bonds. The molecule has 1 aromatic heterocycles. The van der Waals surface area contributed by atoms with Gasteiger partial charge in [0.25, 0.3) is 0 Å². The maximum Gasteiger partial charge on any atom is 0.237 e. The van der Waals surface area contributed by atoms with Crippen molar-refractivity contribution in [2.45, 2.75) is 44.2 Å². The maximum atomic E-state index is 12.5. The summed E-state index contributed by atoms with van der Waals surface area (Å²) >= 11 is 0. The number of amides is 2. The number of nitrogens with one attached hydrogen (secondary N) is 1. The van der Waals surface area contributed by atoms with Gasteiger partial charge < -0.3 is 10.2 Å². The zero-order valence-corrected chi connectivity index (χ0v) is 15.3. The van der Waals surface area contributed by atoms with Crippen molar-refractivity contribution in [1.82, 2.24) is 25.1 Å². The van der Waals surface area contributed by atoms with E-state index < -0.39 is 0 Å². The second kappa shape index (κ2) is 7.31. The van der Waals surface area contributed by atoms with E-state index in [-0.39, 0.29) is 17.9 Å². The Morgan fingerprint density at radius 1 is 1.23 bits per heavy atom. The van der Waals surface area contributed by atoms with Gasteiger partial charge in [-0.2, -0.15) is 0 Å². The van der Waals surface area contributed by atoms with Crippen LogP contribution in [0, 0.1) is 11.8 Å². The number of aromatic nitrogens is 2. The van der Waals surface area contributed by atoms with E-state index in [1.54, 1.807) is 12.4 Å². The van der Waals surface area contributed by atoms with Crippen LogP contribution >= 0.6 is 0 Å². The van der Waals surface area contributed by atoms with Crippen molar-refractivity contribution in [2.24, 2.45) is 11.8 Å². The largest absolute Gasteiger partial charge is 0.354 e. The summed E-state index contributed by atoms with van der Waals surface area (Å²) in [6, 6.07) is 0.262. The molecule has 3 atom stereocenters. The summed E-state index contributed by atoms with van der Waals surface area (Å²) in [6.45, 7) is 2.33. The maximum absolute atomic E-state index is 12.5. The van der Waals surface area contributed by atoms with Crippen LogP contribution in [0.5, 0.6) is 0 Å². The first-order valence-electron chi connectivity index (χ1n) is 9.63. The number of rotatable bonds is 6. The van der Waals surface area contributed by atoms with E-state index in [1.807, 2.05) is 11.9 Å². The van der Waals surface area contributed by atoms with Gasteiger partial charge in [-0.3, -0.25) is 14.5 Å². The van der Waals surface area contributed by atoms with Crippen LogP contribution in [0.3, 0.4) is 0 Å². The number of carbonyl (C=O) groups is 2. The number of carbonyl (C=O) groups excluding carboxylic acids is 2. The van der Waals surface area contributed by atoms with Gasteiger partial charge >= 0.3 is 0 Å². The van der Waals surface area contributed by atoms with Crippen molar-refractivity contribution in [1.29, 1.82) is 0 Å². The van der Waals surface area contributed by atoms with Gasteiger partial charge in [-0.1, -0.05) is 0 Å². The third-order valence-corrected chi connectivity index (χ3v) is 6.11. The molecular weight excluding hydrogens is 330 g/mol. The van der Waals surface area contributed by atoms with E-state index in [9.17, 15) is 9.59 Å². The molecule has 0 unspecified atom stereocenters. The lowest BCUT2D eigenvalue weighted by molar-refractivity contribution is -0.130. The molecule has 1 N–H and O–H groups in total. The van der Waals surface area contributed by atoms with Gasteiger partial charge in [-0.05, 0) is 50.1 Å². The van der Waals surface area contributed by atoms with Gasteiger partial charge in [0.15, 0.2) is 0 Å². The van der Waals surface area contributed by atoms with E-state index in [2.05, 4.69) is 20.2 Å². The van der Waals surface area contributed by atoms with Gasteiger partial charge in [0, 0.05) is 44.5 Å². The average Bonchev–Trinajstić information content (AvgIpc) is 3.31. The zero-order valence-electron chi connectivity index (χ0n) is 15.3. The molecule has 1 aromatic rings. The Morgan fingerprint density at radius 3 is 2.69 bits per heavy atom. The normalized spacial score (nSPS) is 28.2. The van der Waals surface area contributed by atoms with Gasteiger partial charge in [0.1, 0.15) is 6.33 Å². The smallest absolute Gasteiger partial charge is 0.237 e. The van der Waals surface area contributed by atoms with E-state index in [4.69, 9.17) is 0 Å². The summed E-state index contributed by atoms with van der Waals surface area (Å²) in [4.78, 5) is 37.1. The number of nitrogens with zero attached hydrogens (tertiary/aromatic N) is 4. The van der Waals surface area contributed by atoms with Crippen molar-refractivity contribution in [3.05, 3.63) is 24.3 Å². The molecule has 4 rings (SSSR count). The van der Waals surface area contributed by atoms with E-state index >= 15 is 0 Å². The van der Waals surface area contributed by atoms with Gasteiger partial charge in [0.2, 0.25) is 11.8 Å². The number of hydrogen-bond donors (Lipinski definition) is 1. The highest BCUT2D eigenvalue weighted by Gasteiger charge is 2.48. The highest BCUT2D eigenvalue weighted by Crippen LogP contribution is 2.35. The lowest BCUT2D eigenvalue weighted by Gasteiger charge is -2.26. The van der Waals surface area contributed by atoms with Crippen LogP contribution in [0.15, 0.2) is 18.7 Å². The fraction of sp³-hybridized carbons (Fsp3) is 0.684. The van der Waals surface area contributed by atoms with Crippen LogP contribution in [0.1, 0.15) is 31.2 Å². The number of likely N-dealkylation sites (N-methyl/N-ethyl adjacent to an activating group) is 1. The predicted molar refractivity (Wildman–Crippen MR) is 96.1 cm³/mol. The van der Waals surface area contributed by atoms with Gasteiger partial charge in [-0.15, -0.1) is 0 Å². The lowest BCUT2D eigenvalue weighted by Crippen LogP contribution is -2.46. The summed E-state index contributed by atoms with van der Waals surface area (Å²) in [5.74, 6) is 1.45. The van der Waals surface area contributed by atoms with Crippen LogP contribution < -0.4 is 5.32 Å². The first kappa shape index (κ1) is 17.4. The minimum Gasteiger partial charge on any atom is -0.354 e. The molecule has 1 aliphatic carbocycles. The summed E-state index contributed by atoms with van der Waals surface area (Å²) in [6.07, 6.45) is 9.54. The molecule has 7 nitrogen and oxygen atoms in total. The van der Waals surface area contributed by atoms with E-state index in [0.717, 1.165) is 31.6 Å². The SMILES string of the molecule is CN1[C@@H]2CN(C(=O)CCc3cncnc3)C[C@@H]2C[C@H]1C(=O)NCC1CC1. The fourth-order valence-electron chi connectivity index (χ4n) is 4.28. The van der Waals surface area contributed by atoms with Crippen molar-refractivity contribution < 1.29 is 9.59 Å². The van der Waals surface area contributed by atoms with E-state index in [0.29, 0.717) is 30.7 Å². The van der Waals surface area contributed by atoms with Crippen molar-refractivity contribution in [2.75, 3.05) is 26.7 Å². The highest BCUT2D eigenvalue weighted by molar-refractivity contribution is 5.82. The number of fused-ring (bicyclic) bond motifs is 1. The molecule has 0 spiro atoms. The molecule has 2 aliphatic heterocycles. The minimum absolute atomic E-state index is 0.0394. The number of hydrogen-bond acceptors (Lipinski definition) is 5.